The van der Waals surface area contributed by atoms with Gasteiger partial charge in [-0.2, -0.15) is 5.26 Å². The average molecular weight is 193 g/mol. The van der Waals surface area contributed by atoms with Crippen molar-refractivity contribution in [2.24, 2.45) is 0 Å². The molecule has 0 aliphatic carbocycles. The van der Waals surface area contributed by atoms with Gasteiger partial charge in [0.2, 0.25) is 0 Å². The number of thioether (sulfide) groups is 1. The standard InChI is InChI=1S/C10H11NOS/c1-2-3-8-4-5-9(12)10(6-8)13-7-11/h4-6,12H,2-3H2,1H3. The molecule has 1 N–H and O–H groups in total. The van der Waals surface area contributed by atoms with Crippen LogP contribution >= 0.6 is 11.8 Å². The SMILES string of the molecule is CCCc1ccc(O)c(SC#N)c1. The summed E-state index contributed by atoms with van der Waals surface area (Å²) in [6.07, 6.45) is 2.06. The Morgan fingerprint density at radius 3 is 2.92 bits per heavy atom. The number of rotatable bonds is 3. The van der Waals surface area contributed by atoms with Gasteiger partial charge in [0, 0.05) is 0 Å². The van der Waals surface area contributed by atoms with Crippen LogP contribution in [0.25, 0.3) is 0 Å². The first-order valence-electron chi connectivity index (χ1n) is 4.15. The molecule has 0 spiro atoms. The zero-order valence-electron chi connectivity index (χ0n) is 7.45. The Balaban J connectivity index is 2.91. The number of thiocyanates is 1. The third-order valence-electron chi connectivity index (χ3n) is 1.72. The lowest BCUT2D eigenvalue weighted by atomic mass is 10.1. The Morgan fingerprint density at radius 1 is 1.54 bits per heavy atom. The molecule has 0 saturated carbocycles. The van der Waals surface area contributed by atoms with E-state index in [9.17, 15) is 5.11 Å². The minimum atomic E-state index is 0.186. The highest BCUT2D eigenvalue weighted by Crippen LogP contribution is 2.28. The van der Waals surface area contributed by atoms with Crippen LogP contribution in [0.4, 0.5) is 0 Å². The second kappa shape index (κ2) is 4.78. The number of phenols is 1. The zero-order chi connectivity index (χ0) is 9.68. The number of hydrogen-bond donors (Lipinski definition) is 1. The number of benzene rings is 1. The van der Waals surface area contributed by atoms with E-state index >= 15 is 0 Å². The molecule has 0 aliphatic rings. The van der Waals surface area contributed by atoms with Crippen molar-refractivity contribution < 1.29 is 5.11 Å². The van der Waals surface area contributed by atoms with E-state index in [-0.39, 0.29) is 5.75 Å². The molecule has 1 aromatic rings. The Morgan fingerprint density at radius 2 is 2.31 bits per heavy atom. The van der Waals surface area contributed by atoms with Crippen molar-refractivity contribution in [1.82, 2.24) is 0 Å². The Labute approximate surface area is 82.2 Å². The number of aromatic hydroxyl groups is 1. The topological polar surface area (TPSA) is 44.0 Å². The van der Waals surface area contributed by atoms with Gasteiger partial charge in [-0.05, 0) is 35.9 Å². The maximum Gasteiger partial charge on any atom is 0.138 e. The van der Waals surface area contributed by atoms with E-state index in [0.717, 1.165) is 30.2 Å². The van der Waals surface area contributed by atoms with Crippen molar-refractivity contribution in [3.63, 3.8) is 0 Å². The van der Waals surface area contributed by atoms with E-state index in [1.807, 2.05) is 17.5 Å². The van der Waals surface area contributed by atoms with Crippen molar-refractivity contribution in [3.8, 4) is 11.2 Å². The fourth-order valence-corrected chi connectivity index (χ4v) is 1.61. The molecule has 0 aliphatic heterocycles. The molecule has 0 saturated heterocycles. The lowest BCUT2D eigenvalue weighted by Crippen LogP contribution is -1.83. The minimum absolute atomic E-state index is 0.186. The predicted octanol–water partition coefficient (Wildman–Crippen LogP) is 2.92. The van der Waals surface area contributed by atoms with Crippen molar-refractivity contribution in [1.29, 1.82) is 5.26 Å². The molecular weight excluding hydrogens is 182 g/mol. The Kier molecular flexibility index (Phi) is 3.66. The van der Waals surface area contributed by atoms with E-state index in [2.05, 4.69) is 6.92 Å². The molecule has 0 fully saturated rings. The summed E-state index contributed by atoms with van der Waals surface area (Å²) in [5, 5.41) is 19.8. The van der Waals surface area contributed by atoms with E-state index in [1.54, 1.807) is 6.07 Å². The number of nitriles is 1. The molecule has 1 rings (SSSR count). The smallest absolute Gasteiger partial charge is 0.138 e. The first-order chi connectivity index (χ1) is 6.27. The quantitative estimate of drug-likeness (QED) is 0.593. The van der Waals surface area contributed by atoms with Crippen LogP contribution in [0.3, 0.4) is 0 Å². The van der Waals surface area contributed by atoms with Crippen LogP contribution in [0.2, 0.25) is 0 Å². The largest absolute Gasteiger partial charge is 0.507 e. The molecule has 0 aromatic heterocycles. The second-order valence-corrected chi connectivity index (χ2v) is 3.57. The molecule has 1 aromatic carbocycles. The molecule has 2 nitrogen and oxygen atoms in total. The number of aryl methyl sites for hydroxylation is 1. The minimum Gasteiger partial charge on any atom is -0.507 e. The van der Waals surface area contributed by atoms with Gasteiger partial charge in [-0.15, -0.1) is 0 Å². The summed E-state index contributed by atoms with van der Waals surface area (Å²) in [6.45, 7) is 2.10. The predicted molar refractivity (Wildman–Crippen MR) is 53.6 cm³/mol. The summed E-state index contributed by atoms with van der Waals surface area (Å²) >= 11 is 0.997. The molecule has 0 unspecified atom stereocenters. The third kappa shape index (κ3) is 2.67. The van der Waals surface area contributed by atoms with Gasteiger partial charge in [-0.1, -0.05) is 19.4 Å². The van der Waals surface area contributed by atoms with E-state index in [0.29, 0.717) is 4.90 Å². The van der Waals surface area contributed by atoms with Gasteiger partial charge in [-0.3, -0.25) is 0 Å². The summed E-state index contributed by atoms with van der Waals surface area (Å²) in [5.41, 5.74) is 1.16. The second-order valence-electron chi connectivity index (χ2n) is 2.75. The van der Waals surface area contributed by atoms with Crippen LogP contribution in [0.15, 0.2) is 23.1 Å². The van der Waals surface area contributed by atoms with Crippen molar-refractivity contribution in [2.45, 2.75) is 24.7 Å². The van der Waals surface area contributed by atoms with Crippen molar-refractivity contribution >= 4 is 11.8 Å². The molecule has 13 heavy (non-hydrogen) atoms. The normalized spacial score (nSPS) is 9.54. The van der Waals surface area contributed by atoms with Gasteiger partial charge in [0.15, 0.2) is 0 Å². The van der Waals surface area contributed by atoms with Crippen LogP contribution in [0.1, 0.15) is 18.9 Å². The van der Waals surface area contributed by atoms with Crippen LogP contribution in [0, 0.1) is 10.7 Å². The third-order valence-corrected chi connectivity index (χ3v) is 2.36. The van der Waals surface area contributed by atoms with Crippen LogP contribution in [-0.2, 0) is 6.42 Å². The first-order valence-corrected chi connectivity index (χ1v) is 4.97. The van der Waals surface area contributed by atoms with Crippen molar-refractivity contribution in [3.05, 3.63) is 23.8 Å². The van der Waals surface area contributed by atoms with Gasteiger partial charge < -0.3 is 5.11 Å². The Hall–Kier alpha value is -1.14. The van der Waals surface area contributed by atoms with Gasteiger partial charge in [0.1, 0.15) is 11.2 Å². The van der Waals surface area contributed by atoms with Gasteiger partial charge in [0.05, 0.1) is 4.90 Å². The lowest BCUT2D eigenvalue weighted by molar-refractivity contribution is 0.462. The summed E-state index contributed by atoms with van der Waals surface area (Å²) in [7, 11) is 0. The molecule has 0 heterocycles. The summed E-state index contributed by atoms with van der Waals surface area (Å²) in [5.74, 6) is 0.186. The number of nitrogens with zero attached hydrogens (tertiary/aromatic N) is 1. The van der Waals surface area contributed by atoms with Crippen LogP contribution in [0.5, 0.6) is 5.75 Å². The fraction of sp³-hybridized carbons (Fsp3) is 0.300. The number of hydrogen-bond acceptors (Lipinski definition) is 3. The number of phenolic OH excluding ortho intramolecular Hbond substituents is 1. The van der Waals surface area contributed by atoms with Crippen LogP contribution in [-0.4, -0.2) is 5.11 Å². The lowest BCUT2D eigenvalue weighted by Gasteiger charge is -2.02. The van der Waals surface area contributed by atoms with Crippen molar-refractivity contribution in [2.75, 3.05) is 0 Å². The molecule has 0 atom stereocenters. The molecule has 0 bridgehead atoms. The molecular formula is C10H11NOS. The van der Waals surface area contributed by atoms with Gasteiger partial charge >= 0.3 is 0 Å². The van der Waals surface area contributed by atoms with Gasteiger partial charge in [-0.25, -0.2) is 0 Å². The summed E-state index contributed by atoms with van der Waals surface area (Å²) < 4.78 is 0. The van der Waals surface area contributed by atoms with E-state index < -0.39 is 0 Å². The highest BCUT2D eigenvalue weighted by molar-refractivity contribution is 8.03. The molecule has 3 heteroatoms. The highest BCUT2D eigenvalue weighted by Gasteiger charge is 2.02. The zero-order valence-corrected chi connectivity index (χ0v) is 8.27. The molecule has 68 valence electrons. The Bertz CT molecular complexity index is 330. The first kappa shape index (κ1) is 9.94. The van der Waals surface area contributed by atoms with E-state index in [4.69, 9.17) is 5.26 Å². The van der Waals surface area contributed by atoms with Gasteiger partial charge in [0.25, 0.3) is 0 Å². The van der Waals surface area contributed by atoms with E-state index in [1.165, 1.54) is 0 Å². The fourth-order valence-electron chi connectivity index (χ4n) is 1.13. The maximum absolute atomic E-state index is 9.36. The highest BCUT2D eigenvalue weighted by atomic mass is 32.2. The maximum atomic E-state index is 9.36. The monoisotopic (exact) mass is 193 g/mol. The molecule has 0 amide bonds. The summed E-state index contributed by atoms with van der Waals surface area (Å²) in [4.78, 5) is 0.647. The van der Waals surface area contributed by atoms with Crippen LogP contribution < -0.4 is 0 Å². The summed E-state index contributed by atoms with van der Waals surface area (Å²) in [6, 6.07) is 5.40. The molecule has 0 radical (unpaired) electrons. The average Bonchev–Trinajstić information content (AvgIpc) is 2.12.